The van der Waals surface area contributed by atoms with Crippen LogP contribution in [0.2, 0.25) is 0 Å². The molecule has 1 aromatic heterocycles. The standard InChI is InChI=1S/C21H23N3O2S/c1-15-10-12-16(13-11-15)22-19(25)14-24(2)21(26)9-5-8-20-23-17-6-3-4-7-18(17)27-20/h3-4,6-7,10-13H,5,8-9,14H2,1-2H3,(H,22,25). The van der Waals surface area contributed by atoms with Crippen molar-refractivity contribution in [3.8, 4) is 0 Å². The van der Waals surface area contributed by atoms with Crippen LogP contribution in [0, 0.1) is 6.92 Å². The number of benzene rings is 2. The molecule has 0 radical (unpaired) electrons. The van der Waals surface area contributed by atoms with E-state index in [0.717, 1.165) is 34.6 Å². The van der Waals surface area contributed by atoms with Gasteiger partial charge in [0.15, 0.2) is 0 Å². The third kappa shape index (κ3) is 5.37. The number of amides is 2. The molecule has 2 aromatic carbocycles. The van der Waals surface area contributed by atoms with Crippen molar-refractivity contribution in [3.05, 3.63) is 59.1 Å². The summed E-state index contributed by atoms with van der Waals surface area (Å²) in [5.74, 6) is -0.226. The van der Waals surface area contributed by atoms with Crippen LogP contribution in [0.15, 0.2) is 48.5 Å². The maximum atomic E-state index is 12.3. The number of nitrogens with one attached hydrogen (secondary N) is 1. The molecular formula is C21H23N3O2S. The van der Waals surface area contributed by atoms with E-state index in [-0.39, 0.29) is 18.4 Å². The highest BCUT2D eigenvalue weighted by Crippen LogP contribution is 2.22. The number of aryl methyl sites for hydroxylation is 2. The zero-order valence-electron chi connectivity index (χ0n) is 15.6. The largest absolute Gasteiger partial charge is 0.336 e. The van der Waals surface area contributed by atoms with Crippen LogP contribution in [0.4, 0.5) is 5.69 Å². The first-order valence-electron chi connectivity index (χ1n) is 8.96. The number of fused-ring (bicyclic) bond motifs is 1. The predicted molar refractivity (Wildman–Crippen MR) is 110 cm³/mol. The fourth-order valence-electron chi connectivity index (χ4n) is 2.75. The second-order valence-electron chi connectivity index (χ2n) is 6.59. The molecule has 0 aliphatic heterocycles. The first-order chi connectivity index (χ1) is 13.0. The average molecular weight is 382 g/mol. The number of carbonyl (C=O) groups is 2. The van der Waals surface area contributed by atoms with Crippen LogP contribution in [0.1, 0.15) is 23.4 Å². The van der Waals surface area contributed by atoms with E-state index >= 15 is 0 Å². The molecule has 0 bridgehead atoms. The Bertz CT molecular complexity index is 901. The van der Waals surface area contributed by atoms with Gasteiger partial charge in [0.1, 0.15) is 0 Å². The highest BCUT2D eigenvalue weighted by Gasteiger charge is 2.13. The molecule has 3 aromatic rings. The lowest BCUT2D eigenvalue weighted by Gasteiger charge is -2.16. The molecule has 0 spiro atoms. The highest BCUT2D eigenvalue weighted by molar-refractivity contribution is 7.18. The summed E-state index contributed by atoms with van der Waals surface area (Å²) in [5, 5.41) is 3.86. The average Bonchev–Trinajstić information content (AvgIpc) is 3.06. The van der Waals surface area contributed by atoms with Gasteiger partial charge in [-0.3, -0.25) is 9.59 Å². The molecule has 0 unspecified atom stereocenters. The van der Waals surface area contributed by atoms with Gasteiger partial charge < -0.3 is 10.2 Å². The SMILES string of the molecule is Cc1ccc(NC(=O)CN(C)C(=O)CCCc2nc3ccccc3s2)cc1. The van der Waals surface area contributed by atoms with E-state index in [4.69, 9.17) is 0 Å². The van der Waals surface area contributed by atoms with E-state index in [1.165, 1.54) is 9.60 Å². The van der Waals surface area contributed by atoms with Crippen molar-refractivity contribution in [2.75, 3.05) is 18.9 Å². The summed E-state index contributed by atoms with van der Waals surface area (Å²) in [5.41, 5.74) is 2.88. The zero-order chi connectivity index (χ0) is 19.2. The second kappa shape index (κ2) is 8.77. The Morgan fingerprint density at radius 3 is 2.59 bits per heavy atom. The van der Waals surface area contributed by atoms with Crippen LogP contribution in [0.3, 0.4) is 0 Å². The van der Waals surface area contributed by atoms with Crippen molar-refractivity contribution in [1.29, 1.82) is 0 Å². The number of aromatic nitrogens is 1. The Kier molecular flexibility index (Phi) is 6.19. The summed E-state index contributed by atoms with van der Waals surface area (Å²) < 4.78 is 1.17. The normalized spacial score (nSPS) is 10.7. The van der Waals surface area contributed by atoms with Crippen LogP contribution in [-0.4, -0.2) is 35.3 Å². The maximum absolute atomic E-state index is 12.3. The Morgan fingerprint density at radius 2 is 1.85 bits per heavy atom. The highest BCUT2D eigenvalue weighted by atomic mass is 32.1. The lowest BCUT2D eigenvalue weighted by molar-refractivity contribution is -0.133. The molecule has 0 saturated heterocycles. The minimum Gasteiger partial charge on any atom is -0.336 e. The molecule has 0 aliphatic rings. The van der Waals surface area contributed by atoms with Crippen molar-refractivity contribution in [2.24, 2.45) is 0 Å². The lowest BCUT2D eigenvalue weighted by Crippen LogP contribution is -2.34. The van der Waals surface area contributed by atoms with Gasteiger partial charge in [0.2, 0.25) is 11.8 Å². The number of nitrogens with zero attached hydrogens (tertiary/aromatic N) is 2. The summed E-state index contributed by atoms with van der Waals surface area (Å²) in [6.07, 6.45) is 1.90. The van der Waals surface area contributed by atoms with Crippen molar-refractivity contribution < 1.29 is 9.59 Å². The molecule has 1 N–H and O–H groups in total. The van der Waals surface area contributed by atoms with Gasteiger partial charge in [0.05, 0.1) is 21.8 Å². The first kappa shape index (κ1) is 19.0. The maximum Gasteiger partial charge on any atom is 0.243 e. The summed E-state index contributed by atoms with van der Waals surface area (Å²) in [6, 6.07) is 15.6. The molecule has 2 amide bonds. The van der Waals surface area contributed by atoms with Crippen molar-refractivity contribution >= 4 is 39.1 Å². The molecule has 0 atom stereocenters. The summed E-state index contributed by atoms with van der Waals surface area (Å²) in [7, 11) is 1.66. The third-order valence-corrected chi connectivity index (χ3v) is 5.36. The molecule has 1 heterocycles. The van der Waals surface area contributed by atoms with E-state index in [0.29, 0.717) is 6.42 Å². The number of hydrogen-bond acceptors (Lipinski definition) is 4. The van der Waals surface area contributed by atoms with Gasteiger partial charge in [-0.15, -0.1) is 11.3 Å². The smallest absolute Gasteiger partial charge is 0.243 e. The van der Waals surface area contributed by atoms with E-state index in [9.17, 15) is 9.59 Å². The lowest BCUT2D eigenvalue weighted by atomic mass is 10.2. The fraction of sp³-hybridized carbons (Fsp3) is 0.286. The number of para-hydroxylation sites is 1. The Hall–Kier alpha value is -2.73. The van der Waals surface area contributed by atoms with Gasteiger partial charge in [-0.05, 0) is 44.0 Å². The Labute approximate surface area is 163 Å². The predicted octanol–water partition coefficient (Wildman–Crippen LogP) is 4.02. The van der Waals surface area contributed by atoms with E-state index in [1.807, 2.05) is 49.4 Å². The number of anilines is 1. The van der Waals surface area contributed by atoms with Crippen LogP contribution < -0.4 is 5.32 Å². The van der Waals surface area contributed by atoms with Gasteiger partial charge in [0.25, 0.3) is 0 Å². The molecule has 0 fully saturated rings. The first-order valence-corrected chi connectivity index (χ1v) is 9.78. The van der Waals surface area contributed by atoms with Gasteiger partial charge in [0, 0.05) is 19.2 Å². The monoisotopic (exact) mass is 381 g/mol. The minimum absolute atomic E-state index is 0.0323. The minimum atomic E-state index is -0.194. The van der Waals surface area contributed by atoms with Crippen LogP contribution in [-0.2, 0) is 16.0 Å². The summed E-state index contributed by atoms with van der Waals surface area (Å²) >= 11 is 1.67. The van der Waals surface area contributed by atoms with Gasteiger partial charge in [-0.25, -0.2) is 4.98 Å². The molecule has 27 heavy (non-hydrogen) atoms. The topological polar surface area (TPSA) is 62.3 Å². The quantitative estimate of drug-likeness (QED) is 0.672. The van der Waals surface area contributed by atoms with Crippen molar-refractivity contribution in [2.45, 2.75) is 26.2 Å². The van der Waals surface area contributed by atoms with Crippen LogP contribution in [0.25, 0.3) is 10.2 Å². The summed E-state index contributed by atoms with van der Waals surface area (Å²) in [6.45, 7) is 2.04. The molecule has 6 heteroatoms. The fourth-order valence-corrected chi connectivity index (χ4v) is 3.76. The van der Waals surface area contributed by atoms with Crippen LogP contribution >= 0.6 is 11.3 Å². The number of carbonyl (C=O) groups excluding carboxylic acids is 2. The van der Waals surface area contributed by atoms with Gasteiger partial charge in [-0.1, -0.05) is 29.8 Å². The number of likely N-dealkylation sites (N-methyl/N-ethyl adjacent to an activating group) is 1. The van der Waals surface area contributed by atoms with Gasteiger partial charge in [-0.2, -0.15) is 0 Å². The Balaban J connectivity index is 1.43. The molecule has 5 nitrogen and oxygen atoms in total. The number of rotatable bonds is 7. The van der Waals surface area contributed by atoms with Crippen molar-refractivity contribution in [3.63, 3.8) is 0 Å². The molecular weight excluding hydrogens is 358 g/mol. The molecule has 140 valence electrons. The number of hydrogen-bond donors (Lipinski definition) is 1. The molecule has 0 saturated carbocycles. The zero-order valence-corrected chi connectivity index (χ0v) is 16.4. The third-order valence-electron chi connectivity index (χ3n) is 4.26. The summed E-state index contributed by atoms with van der Waals surface area (Å²) in [4.78, 5) is 30.4. The van der Waals surface area contributed by atoms with E-state index < -0.39 is 0 Å². The van der Waals surface area contributed by atoms with Gasteiger partial charge >= 0.3 is 0 Å². The van der Waals surface area contributed by atoms with Crippen LogP contribution in [0.5, 0.6) is 0 Å². The molecule has 3 rings (SSSR count). The molecule has 0 aliphatic carbocycles. The van der Waals surface area contributed by atoms with Crippen molar-refractivity contribution in [1.82, 2.24) is 9.88 Å². The second-order valence-corrected chi connectivity index (χ2v) is 7.71. The number of thiazole rings is 1. The Morgan fingerprint density at radius 1 is 1.11 bits per heavy atom. The van der Waals surface area contributed by atoms with E-state index in [2.05, 4.69) is 16.4 Å². The van der Waals surface area contributed by atoms with E-state index in [1.54, 1.807) is 18.4 Å².